The van der Waals surface area contributed by atoms with E-state index in [1.54, 1.807) is 0 Å². The van der Waals surface area contributed by atoms with Gasteiger partial charge in [-0.25, -0.2) is 13.2 Å². The van der Waals surface area contributed by atoms with Crippen molar-refractivity contribution in [2.75, 3.05) is 0 Å². The molecular weight excluding hydrogens is 481 g/mol. The number of unbranched alkanes of at least 4 members (excludes halogenated alkanes) is 2. The van der Waals surface area contributed by atoms with Gasteiger partial charge < -0.3 is 4.74 Å². The molecule has 0 radical (unpaired) electrons. The van der Waals surface area contributed by atoms with Gasteiger partial charge in [0, 0.05) is 0 Å². The van der Waals surface area contributed by atoms with E-state index < -0.39 is 17.5 Å². The minimum Gasteiger partial charge on any atom is -0.486 e. The summed E-state index contributed by atoms with van der Waals surface area (Å²) in [6, 6.07) is 16.6. The summed E-state index contributed by atoms with van der Waals surface area (Å²) in [7, 11) is 0. The molecule has 2 saturated carbocycles. The van der Waals surface area contributed by atoms with Crippen molar-refractivity contribution in [1.29, 1.82) is 0 Å². The van der Waals surface area contributed by atoms with Gasteiger partial charge >= 0.3 is 0 Å². The molecule has 2 fully saturated rings. The Labute approximate surface area is 225 Å². The molecule has 38 heavy (non-hydrogen) atoms. The molecule has 1 nitrogen and oxygen atoms in total. The number of ether oxygens (including phenoxy) is 1. The Morgan fingerprint density at radius 3 is 2.24 bits per heavy atom. The second-order valence-electron chi connectivity index (χ2n) is 11.5. The maximum atomic E-state index is 15.3. The van der Waals surface area contributed by atoms with E-state index in [1.165, 1.54) is 69.2 Å². The lowest BCUT2D eigenvalue weighted by atomic mass is 9.63. The van der Waals surface area contributed by atoms with Gasteiger partial charge in [0.15, 0.2) is 11.6 Å². The van der Waals surface area contributed by atoms with E-state index in [2.05, 4.69) is 6.92 Å². The highest BCUT2D eigenvalue weighted by Crippen LogP contribution is 2.49. The van der Waals surface area contributed by atoms with Crippen LogP contribution in [0.2, 0.25) is 0 Å². The van der Waals surface area contributed by atoms with Crippen molar-refractivity contribution in [1.82, 2.24) is 0 Å². The van der Waals surface area contributed by atoms with Crippen LogP contribution < -0.4 is 4.74 Å². The smallest absolute Gasteiger partial charge is 0.165 e. The third-order valence-corrected chi connectivity index (χ3v) is 8.93. The summed E-state index contributed by atoms with van der Waals surface area (Å²) in [5.41, 5.74) is 1.66. The molecule has 0 aromatic heterocycles. The van der Waals surface area contributed by atoms with Crippen LogP contribution in [0.1, 0.15) is 88.2 Å². The molecule has 202 valence electrons. The average molecular weight is 521 g/mol. The van der Waals surface area contributed by atoms with Crippen LogP contribution in [0.25, 0.3) is 11.1 Å². The summed E-state index contributed by atoms with van der Waals surface area (Å²) >= 11 is 0. The van der Waals surface area contributed by atoms with Gasteiger partial charge in [-0.3, -0.25) is 0 Å². The van der Waals surface area contributed by atoms with Crippen molar-refractivity contribution in [3.8, 4) is 16.9 Å². The number of benzene rings is 3. The normalized spacial score (nSPS) is 23.2. The molecule has 4 heteroatoms. The van der Waals surface area contributed by atoms with Gasteiger partial charge in [0.1, 0.15) is 18.2 Å². The molecule has 3 aromatic rings. The largest absolute Gasteiger partial charge is 0.486 e. The van der Waals surface area contributed by atoms with Crippen LogP contribution in [0.3, 0.4) is 0 Å². The Kier molecular flexibility index (Phi) is 8.76. The lowest BCUT2D eigenvalue weighted by Crippen LogP contribution is -2.30. The van der Waals surface area contributed by atoms with Gasteiger partial charge in [0.2, 0.25) is 0 Å². The van der Waals surface area contributed by atoms with E-state index in [0.29, 0.717) is 5.92 Å². The van der Waals surface area contributed by atoms with Crippen LogP contribution in [0, 0.1) is 35.2 Å². The van der Waals surface area contributed by atoms with Crippen LogP contribution in [0.4, 0.5) is 13.2 Å². The molecule has 0 amide bonds. The zero-order valence-electron chi connectivity index (χ0n) is 22.4. The molecular formula is C34H39F3O. The molecule has 3 aromatic carbocycles. The van der Waals surface area contributed by atoms with Gasteiger partial charge in [-0.1, -0.05) is 75.4 Å². The summed E-state index contributed by atoms with van der Waals surface area (Å²) < 4.78 is 50.9. The molecule has 0 aliphatic heterocycles. The molecule has 1 unspecified atom stereocenters. The van der Waals surface area contributed by atoms with E-state index in [1.807, 2.05) is 30.3 Å². The van der Waals surface area contributed by atoms with Crippen molar-refractivity contribution in [3.63, 3.8) is 0 Å². The van der Waals surface area contributed by atoms with Crippen molar-refractivity contribution in [2.24, 2.45) is 17.8 Å². The van der Waals surface area contributed by atoms with Crippen molar-refractivity contribution < 1.29 is 17.9 Å². The zero-order chi connectivity index (χ0) is 26.5. The van der Waals surface area contributed by atoms with E-state index >= 15 is 8.78 Å². The highest BCUT2D eigenvalue weighted by atomic mass is 19.1. The van der Waals surface area contributed by atoms with Gasteiger partial charge in [-0.05, 0) is 96.7 Å². The van der Waals surface area contributed by atoms with E-state index in [9.17, 15) is 4.39 Å². The number of hydrogen-bond acceptors (Lipinski definition) is 1. The Hall–Kier alpha value is -2.75. The lowest BCUT2D eigenvalue weighted by molar-refractivity contribution is 0.113. The molecule has 2 aliphatic rings. The van der Waals surface area contributed by atoms with Crippen LogP contribution in [-0.2, 0) is 6.61 Å². The second-order valence-corrected chi connectivity index (χ2v) is 11.5. The van der Waals surface area contributed by atoms with Crippen molar-refractivity contribution >= 4 is 0 Å². The van der Waals surface area contributed by atoms with Crippen LogP contribution in [0.15, 0.2) is 60.7 Å². The number of rotatable bonds is 9. The first-order valence-electron chi connectivity index (χ1n) is 14.5. The quantitative estimate of drug-likeness (QED) is 0.255. The number of halogens is 3. The monoisotopic (exact) mass is 520 g/mol. The van der Waals surface area contributed by atoms with Gasteiger partial charge in [0.05, 0.1) is 5.56 Å². The van der Waals surface area contributed by atoms with Gasteiger partial charge in [0.25, 0.3) is 0 Å². The summed E-state index contributed by atoms with van der Waals surface area (Å²) in [6.07, 6.45) is 12.4. The molecule has 0 N–H and O–H groups in total. The second kappa shape index (κ2) is 12.4. The third kappa shape index (κ3) is 6.27. The third-order valence-electron chi connectivity index (χ3n) is 8.93. The minimum atomic E-state index is -0.634. The van der Waals surface area contributed by atoms with E-state index in [4.69, 9.17) is 4.74 Å². The highest BCUT2D eigenvalue weighted by molar-refractivity contribution is 5.66. The van der Waals surface area contributed by atoms with Crippen molar-refractivity contribution in [2.45, 2.75) is 83.7 Å². The lowest BCUT2D eigenvalue weighted by Gasteiger charge is -2.42. The topological polar surface area (TPSA) is 9.23 Å². The zero-order valence-corrected chi connectivity index (χ0v) is 22.4. The predicted molar refractivity (Wildman–Crippen MR) is 148 cm³/mol. The Balaban J connectivity index is 1.24. The minimum absolute atomic E-state index is 0.0619. The SMILES string of the molecule is CCCCCC1CC[C@@H]2C[C@H](c3cc(F)c(-c4ccc(OCc5ccccc5)c(F)c4)c(F)c3)CC[C@@H]2C1. The molecule has 0 heterocycles. The Morgan fingerprint density at radius 1 is 0.763 bits per heavy atom. The molecule has 4 atom stereocenters. The number of fused-ring (bicyclic) bond motifs is 1. The first kappa shape index (κ1) is 26.8. The number of hydrogen-bond donors (Lipinski definition) is 0. The molecule has 5 rings (SSSR count). The van der Waals surface area contributed by atoms with E-state index in [-0.39, 0.29) is 29.4 Å². The summed E-state index contributed by atoms with van der Waals surface area (Å²) in [5, 5.41) is 0. The molecule has 0 spiro atoms. The summed E-state index contributed by atoms with van der Waals surface area (Å²) in [6.45, 7) is 2.48. The molecule has 0 bridgehead atoms. The predicted octanol–water partition coefficient (Wildman–Crippen LogP) is 10.2. The van der Waals surface area contributed by atoms with Gasteiger partial charge in [-0.2, -0.15) is 0 Å². The summed E-state index contributed by atoms with van der Waals surface area (Å²) in [4.78, 5) is 0. The Morgan fingerprint density at radius 2 is 1.50 bits per heavy atom. The fourth-order valence-electron chi connectivity index (χ4n) is 6.85. The van der Waals surface area contributed by atoms with Gasteiger partial charge in [-0.15, -0.1) is 0 Å². The van der Waals surface area contributed by atoms with E-state index in [0.717, 1.165) is 48.3 Å². The average Bonchev–Trinajstić information content (AvgIpc) is 2.92. The van der Waals surface area contributed by atoms with Crippen LogP contribution in [-0.4, -0.2) is 0 Å². The fourth-order valence-corrected chi connectivity index (χ4v) is 6.85. The van der Waals surface area contributed by atoms with Crippen LogP contribution in [0.5, 0.6) is 5.75 Å². The Bertz CT molecular complexity index is 1180. The maximum absolute atomic E-state index is 15.3. The maximum Gasteiger partial charge on any atom is 0.165 e. The fraction of sp³-hybridized carbons (Fsp3) is 0.471. The first-order valence-corrected chi connectivity index (χ1v) is 14.5. The standard InChI is InChI=1S/C34H39F3O/c1-2-3-5-8-23-11-12-26-18-27(14-13-25(26)17-23)29-20-31(36)34(32(37)21-29)28-15-16-33(30(35)19-28)38-22-24-9-6-4-7-10-24/h4,6-7,9-10,15-16,19-21,23,25-27H,2-3,5,8,11-14,17-18,22H2,1H3/t23?,25-,26-,27-/m1/s1. The molecule has 0 saturated heterocycles. The highest BCUT2D eigenvalue weighted by Gasteiger charge is 2.36. The van der Waals surface area contributed by atoms with Crippen LogP contribution >= 0.6 is 0 Å². The first-order chi connectivity index (χ1) is 18.5. The summed E-state index contributed by atoms with van der Waals surface area (Å²) in [5.74, 6) is 0.668. The molecule has 2 aliphatic carbocycles. The van der Waals surface area contributed by atoms with Crippen molar-refractivity contribution in [3.05, 3.63) is 89.2 Å².